The minimum Gasteiger partial charge on any atom is -0.497 e. The molecule has 0 spiro atoms. The number of aryl methyl sites for hydroxylation is 1. The Balaban J connectivity index is 2.50. The number of hydrogen-bond donors (Lipinski definition) is 1. The Morgan fingerprint density at radius 1 is 1.16 bits per heavy atom. The third kappa shape index (κ3) is 2.61. The third-order valence-corrected chi connectivity index (χ3v) is 3.42. The van der Waals surface area contributed by atoms with E-state index in [1.807, 2.05) is 38.1 Å². The molecule has 2 N–H and O–H groups in total. The van der Waals surface area contributed by atoms with E-state index in [-0.39, 0.29) is 5.82 Å². The van der Waals surface area contributed by atoms with E-state index in [9.17, 15) is 4.39 Å². The van der Waals surface area contributed by atoms with E-state index in [2.05, 4.69) is 0 Å². The normalized spacial score (nSPS) is 13.9. The molecule has 3 heteroatoms. The molecule has 2 aromatic carbocycles. The van der Waals surface area contributed by atoms with Crippen molar-refractivity contribution in [2.75, 3.05) is 7.11 Å². The molecule has 0 aliphatic rings. The second-order valence-electron chi connectivity index (χ2n) is 4.89. The second-order valence-corrected chi connectivity index (χ2v) is 4.89. The van der Waals surface area contributed by atoms with Crippen molar-refractivity contribution < 1.29 is 9.13 Å². The van der Waals surface area contributed by atoms with E-state index >= 15 is 0 Å². The van der Waals surface area contributed by atoms with E-state index in [0.717, 1.165) is 22.4 Å². The monoisotopic (exact) mass is 259 g/mol. The summed E-state index contributed by atoms with van der Waals surface area (Å²) in [6.07, 6.45) is 0. The molecular formula is C16H18FNO. The fourth-order valence-electron chi connectivity index (χ4n) is 2.31. The lowest BCUT2D eigenvalue weighted by molar-refractivity contribution is 0.414. The van der Waals surface area contributed by atoms with Gasteiger partial charge in [-0.05, 0) is 54.8 Å². The summed E-state index contributed by atoms with van der Waals surface area (Å²) in [6, 6.07) is 12.1. The Morgan fingerprint density at radius 2 is 1.89 bits per heavy atom. The van der Waals surface area contributed by atoms with Gasteiger partial charge in [-0.2, -0.15) is 0 Å². The number of methoxy groups -OCH3 is 1. The number of nitrogens with two attached hydrogens (primary N) is 1. The van der Waals surface area contributed by atoms with Crippen LogP contribution in [-0.4, -0.2) is 7.11 Å². The Hall–Kier alpha value is -1.87. The molecule has 0 radical (unpaired) electrons. The second kappa shape index (κ2) is 5.02. The van der Waals surface area contributed by atoms with Crippen molar-refractivity contribution in [2.24, 2.45) is 5.73 Å². The van der Waals surface area contributed by atoms with Crippen LogP contribution < -0.4 is 10.5 Å². The first-order chi connectivity index (χ1) is 8.95. The summed E-state index contributed by atoms with van der Waals surface area (Å²) in [6.45, 7) is 3.86. The van der Waals surface area contributed by atoms with Crippen LogP contribution >= 0.6 is 0 Å². The first-order valence-corrected chi connectivity index (χ1v) is 6.15. The van der Waals surface area contributed by atoms with E-state index < -0.39 is 5.54 Å². The average Bonchev–Trinajstić information content (AvgIpc) is 2.38. The molecule has 0 saturated carbocycles. The topological polar surface area (TPSA) is 35.2 Å². The summed E-state index contributed by atoms with van der Waals surface area (Å²) in [5, 5.41) is 0. The molecule has 1 atom stereocenters. The van der Waals surface area contributed by atoms with Gasteiger partial charge in [-0.3, -0.25) is 0 Å². The van der Waals surface area contributed by atoms with E-state index in [1.165, 1.54) is 12.1 Å². The molecule has 2 aromatic rings. The summed E-state index contributed by atoms with van der Waals surface area (Å²) in [4.78, 5) is 0. The maximum atomic E-state index is 13.4. The highest BCUT2D eigenvalue weighted by molar-refractivity contribution is 5.44. The van der Waals surface area contributed by atoms with Gasteiger partial charge in [0, 0.05) is 0 Å². The molecule has 0 bridgehead atoms. The highest BCUT2D eigenvalue weighted by Crippen LogP contribution is 2.31. The van der Waals surface area contributed by atoms with Crippen molar-refractivity contribution in [2.45, 2.75) is 19.4 Å². The molecule has 2 nitrogen and oxygen atoms in total. The lowest BCUT2D eigenvalue weighted by Gasteiger charge is -2.28. The Labute approximate surface area is 113 Å². The first kappa shape index (κ1) is 13.6. The predicted octanol–water partition coefficient (Wildman–Crippen LogP) is 3.36. The van der Waals surface area contributed by atoms with Gasteiger partial charge in [0.2, 0.25) is 0 Å². The molecule has 0 aromatic heterocycles. The number of benzene rings is 2. The van der Waals surface area contributed by atoms with Crippen LogP contribution in [0.5, 0.6) is 5.75 Å². The summed E-state index contributed by atoms with van der Waals surface area (Å²) < 4.78 is 18.5. The fraction of sp³-hybridized carbons (Fsp3) is 0.250. The summed E-state index contributed by atoms with van der Waals surface area (Å²) in [5.74, 6) is 0.511. The van der Waals surface area contributed by atoms with Crippen LogP contribution in [-0.2, 0) is 5.54 Å². The van der Waals surface area contributed by atoms with Crippen molar-refractivity contribution >= 4 is 0 Å². The molecular weight excluding hydrogens is 241 g/mol. The van der Waals surface area contributed by atoms with Crippen LogP contribution in [0.15, 0.2) is 42.5 Å². The van der Waals surface area contributed by atoms with E-state index in [1.54, 1.807) is 13.2 Å². The number of rotatable bonds is 3. The fourth-order valence-corrected chi connectivity index (χ4v) is 2.31. The Morgan fingerprint density at radius 3 is 2.47 bits per heavy atom. The average molecular weight is 259 g/mol. The number of hydrogen-bond acceptors (Lipinski definition) is 2. The van der Waals surface area contributed by atoms with Gasteiger partial charge in [0.05, 0.1) is 12.6 Å². The van der Waals surface area contributed by atoms with Crippen LogP contribution in [0, 0.1) is 12.7 Å². The van der Waals surface area contributed by atoms with Gasteiger partial charge in [0.25, 0.3) is 0 Å². The predicted molar refractivity (Wildman–Crippen MR) is 74.8 cm³/mol. The Kier molecular flexibility index (Phi) is 3.58. The molecule has 19 heavy (non-hydrogen) atoms. The van der Waals surface area contributed by atoms with E-state index in [0.29, 0.717) is 0 Å². The van der Waals surface area contributed by atoms with Crippen molar-refractivity contribution in [3.05, 3.63) is 65.0 Å². The van der Waals surface area contributed by atoms with Crippen molar-refractivity contribution in [3.8, 4) is 5.75 Å². The van der Waals surface area contributed by atoms with Crippen molar-refractivity contribution in [1.82, 2.24) is 0 Å². The highest BCUT2D eigenvalue weighted by Gasteiger charge is 2.25. The molecule has 0 amide bonds. The van der Waals surface area contributed by atoms with Crippen molar-refractivity contribution in [1.29, 1.82) is 0 Å². The van der Waals surface area contributed by atoms with Crippen LogP contribution in [0.25, 0.3) is 0 Å². The molecule has 0 aliphatic heterocycles. The van der Waals surface area contributed by atoms with E-state index in [4.69, 9.17) is 10.5 Å². The number of halogens is 1. The van der Waals surface area contributed by atoms with Crippen LogP contribution in [0.4, 0.5) is 4.39 Å². The van der Waals surface area contributed by atoms with Gasteiger partial charge in [0.1, 0.15) is 11.6 Å². The maximum absolute atomic E-state index is 13.4. The van der Waals surface area contributed by atoms with Crippen LogP contribution in [0.3, 0.4) is 0 Å². The molecule has 2 rings (SSSR count). The molecule has 0 saturated heterocycles. The number of ether oxygens (including phenoxy) is 1. The van der Waals surface area contributed by atoms with Gasteiger partial charge in [-0.25, -0.2) is 4.39 Å². The largest absolute Gasteiger partial charge is 0.497 e. The Bertz CT molecular complexity index is 593. The van der Waals surface area contributed by atoms with Gasteiger partial charge in [0.15, 0.2) is 0 Å². The molecule has 0 aliphatic carbocycles. The van der Waals surface area contributed by atoms with Gasteiger partial charge in [-0.1, -0.05) is 18.2 Å². The molecule has 0 heterocycles. The quantitative estimate of drug-likeness (QED) is 0.917. The standard InChI is InChI=1S/C16H18FNO/c1-11-9-14(19-3)7-8-15(11)16(2,18)12-5-4-6-13(17)10-12/h4-10H,18H2,1-3H3. The zero-order chi connectivity index (χ0) is 14.0. The molecule has 100 valence electrons. The maximum Gasteiger partial charge on any atom is 0.123 e. The lowest BCUT2D eigenvalue weighted by Crippen LogP contribution is -2.35. The lowest BCUT2D eigenvalue weighted by atomic mass is 9.83. The van der Waals surface area contributed by atoms with Crippen molar-refractivity contribution in [3.63, 3.8) is 0 Å². The molecule has 0 fully saturated rings. The van der Waals surface area contributed by atoms with Gasteiger partial charge in [-0.15, -0.1) is 0 Å². The van der Waals surface area contributed by atoms with Gasteiger partial charge < -0.3 is 10.5 Å². The zero-order valence-corrected chi connectivity index (χ0v) is 11.4. The van der Waals surface area contributed by atoms with Crippen LogP contribution in [0.1, 0.15) is 23.6 Å². The van der Waals surface area contributed by atoms with Gasteiger partial charge >= 0.3 is 0 Å². The summed E-state index contributed by atoms with van der Waals surface area (Å²) >= 11 is 0. The smallest absolute Gasteiger partial charge is 0.123 e. The molecule has 1 unspecified atom stereocenters. The first-order valence-electron chi connectivity index (χ1n) is 6.15. The minimum absolute atomic E-state index is 0.277. The van der Waals surface area contributed by atoms with Crippen LogP contribution in [0.2, 0.25) is 0 Å². The SMILES string of the molecule is COc1ccc(C(C)(N)c2cccc(F)c2)c(C)c1. The third-order valence-electron chi connectivity index (χ3n) is 3.42. The highest BCUT2D eigenvalue weighted by atomic mass is 19.1. The summed E-state index contributed by atoms with van der Waals surface area (Å²) in [7, 11) is 1.63. The summed E-state index contributed by atoms with van der Waals surface area (Å²) in [5.41, 5.74) is 8.41. The minimum atomic E-state index is -0.738. The zero-order valence-electron chi connectivity index (χ0n) is 11.4.